The second kappa shape index (κ2) is 7.85. The molecule has 0 radical (unpaired) electrons. The predicted octanol–water partition coefficient (Wildman–Crippen LogP) is 1.93. The number of morpholine rings is 1. The summed E-state index contributed by atoms with van der Waals surface area (Å²) in [5, 5.41) is 5.09. The summed E-state index contributed by atoms with van der Waals surface area (Å²) in [5.74, 6) is 0.242. The molecular formula is C13H21ClN2O2S. The molecule has 0 aromatic carbocycles. The van der Waals surface area contributed by atoms with Crippen LogP contribution in [0.15, 0.2) is 17.5 Å². The van der Waals surface area contributed by atoms with Gasteiger partial charge in [0, 0.05) is 23.9 Å². The maximum Gasteiger partial charge on any atom is 0.226 e. The van der Waals surface area contributed by atoms with E-state index < -0.39 is 0 Å². The molecule has 0 aliphatic carbocycles. The summed E-state index contributed by atoms with van der Waals surface area (Å²) < 4.78 is 5.74. The Kier molecular flexibility index (Phi) is 6.79. The molecule has 4 nitrogen and oxygen atoms in total. The van der Waals surface area contributed by atoms with Gasteiger partial charge in [0.1, 0.15) is 6.10 Å². The summed E-state index contributed by atoms with van der Waals surface area (Å²) in [6.45, 7) is 4.69. The van der Waals surface area contributed by atoms with Crippen molar-refractivity contribution in [3.63, 3.8) is 0 Å². The van der Waals surface area contributed by atoms with E-state index in [4.69, 9.17) is 4.74 Å². The van der Waals surface area contributed by atoms with Crippen LogP contribution in [0.1, 0.15) is 17.9 Å². The van der Waals surface area contributed by atoms with Crippen LogP contribution in [-0.4, -0.2) is 44.1 Å². The zero-order valence-electron chi connectivity index (χ0n) is 11.3. The van der Waals surface area contributed by atoms with Gasteiger partial charge in [-0.05, 0) is 18.5 Å². The lowest BCUT2D eigenvalue weighted by Gasteiger charge is -2.34. The van der Waals surface area contributed by atoms with Gasteiger partial charge in [0.2, 0.25) is 5.91 Å². The summed E-state index contributed by atoms with van der Waals surface area (Å²) in [4.78, 5) is 15.4. The fourth-order valence-corrected chi connectivity index (χ4v) is 2.97. The lowest BCUT2D eigenvalue weighted by molar-refractivity contribution is -0.142. The van der Waals surface area contributed by atoms with E-state index >= 15 is 0 Å². The average Bonchev–Trinajstić information content (AvgIpc) is 2.92. The Balaban J connectivity index is 0.00000180. The molecule has 0 spiro atoms. The van der Waals surface area contributed by atoms with Gasteiger partial charge in [-0.15, -0.1) is 23.7 Å². The van der Waals surface area contributed by atoms with Gasteiger partial charge in [-0.25, -0.2) is 0 Å². The van der Waals surface area contributed by atoms with Crippen LogP contribution in [-0.2, 0) is 9.53 Å². The molecule has 1 N–H and O–H groups in total. The quantitative estimate of drug-likeness (QED) is 0.924. The number of hydrogen-bond donors (Lipinski definition) is 1. The van der Waals surface area contributed by atoms with Gasteiger partial charge in [0.25, 0.3) is 0 Å². The molecule has 2 unspecified atom stereocenters. The number of carbonyl (C=O) groups excluding carboxylic acids is 1. The lowest BCUT2D eigenvalue weighted by atomic mass is 10.1. The average molecular weight is 305 g/mol. The Morgan fingerprint density at radius 1 is 1.68 bits per heavy atom. The molecule has 2 atom stereocenters. The molecule has 1 aromatic rings. The van der Waals surface area contributed by atoms with Gasteiger partial charge < -0.3 is 15.0 Å². The van der Waals surface area contributed by atoms with Crippen molar-refractivity contribution in [1.29, 1.82) is 0 Å². The molecule has 2 heterocycles. The fraction of sp³-hybridized carbons (Fsp3) is 0.615. The van der Waals surface area contributed by atoms with Gasteiger partial charge >= 0.3 is 0 Å². The number of amides is 1. The van der Waals surface area contributed by atoms with Crippen molar-refractivity contribution in [1.82, 2.24) is 10.2 Å². The van der Waals surface area contributed by atoms with E-state index in [-0.39, 0.29) is 30.3 Å². The van der Waals surface area contributed by atoms with Crippen LogP contribution in [0.5, 0.6) is 0 Å². The number of carbonyl (C=O) groups is 1. The molecule has 1 amide bonds. The van der Waals surface area contributed by atoms with Crippen LogP contribution < -0.4 is 5.32 Å². The molecule has 19 heavy (non-hydrogen) atoms. The number of nitrogens with zero attached hydrogens (tertiary/aromatic N) is 1. The first-order valence-electron chi connectivity index (χ1n) is 6.30. The largest absolute Gasteiger partial charge is 0.369 e. The summed E-state index contributed by atoms with van der Waals surface area (Å²) in [6, 6.07) is 4.09. The highest BCUT2D eigenvalue weighted by Gasteiger charge is 2.28. The topological polar surface area (TPSA) is 41.6 Å². The Labute approximate surface area is 124 Å². The van der Waals surface area contributed by atoms with Gasteiger partial charge in [-0.3, -0.25) is 4.79 Å². The van der Waals surface area contributed by atoms with E-state index in [0.29, 0.717) is 19.7 Å². The van der Waals surface area contributed by atoms with Gasteiger partial charge in [0.05, 0.1) is 13.2 Å². The molecule has 1 aromatic heterocycles. The highest BCUT2D eigenvalue weighted by Crippen LogP contribution is 2.26. The second-order valence-corrected chi connectivity index (χ2v) is 5.60. The maximum absolute atomic E-state index is 12.2. The van der Waals surface area contributed by atoms with Crippen molar-refractivity contribution in [3.05, 3.63) is 22.4 Å². The summed E-state index contributed by atoms with van der Waals surface area (Å²) in [7, 11) is 1.87. The standard InChI is InChI=1S/C13H20N2O2S.ClH/c1-10(8-14-2)13(16)15-5-6-17-11(9-15)12-4-3-7-18-12;/h3-4,7,10-11,14H,5-6,8-9H2,1-2H3;1H. The number of ether oxygens (including phenoxy) is 1. The molecule has 108 valence electrons. The molecule has 6 heteroatoms. The first kappa shape index (κ1) is 16.4. The first-order chi connectivity index (χ1) is 8.72. The van der Waals surface area contributed by atoms with Gasteiger partial charge in [-0.2, -0.15) is 0 Å². The summed E-state index contributed by atoms with van der Waals surface area (Å²) in [5.41, 5.74) is 0. The zero-order chi connectivity index (χ0) is 13.0. The zero-order valence-corrected chi connectivity index (χ0v) is 12.9. The van der Waals surface area contributed by atoms with Crippen molar-refractivity contribution < 1.29 is 9.53 Å². The lowest BCUT2D eigenvalue weighted by Crippen LogP contribution is -2.45. The second-order valence-electron chi connectivity index (χ2n) is 4.62. The molecule has 0 saturated carbocycles. The molecule has 1 saturated heterocycles. The number of nitrogens with one attached hydrogen (secondary N) is 1. The van der Waals surface area contributed by atoms with E-state index in [1.54, 1.807) is 11.3 Å². The highest BCUT2D eigenvalue weighted by atomic mass is 35.5. The van der Waals surface area contributed by atoms with Crippen LogP contribution in [0.3, 0.4) is 0 Å². The van der Waals surface area contributed by atoms with E-state index in [1.807, 2.05) is 30.3 Å². The van der Waals surface area contributed by atoms with Crippen LogP contribution >= 0.6 is 23.7 Å². The molecule has 1 aliphatic rings. The van der Waals surface area contributed by atoms with Gasteiger partial charge in [0.15, 0.2) is 0 Å². The predicted molar refractivity (Wildman–Crippen MR) is 79.9 cm³/mol. The van der Waals surface area contributed by atoms with E-state index in [0.717, 1.165) is 6.54 Å². The van der Waals surface area contributed by atoms with Crippen molar-refractivity contribution in [2.75, 3.05) is 33.3 Å². The third-order valence-corrected chi connectivity index (χ3v) is 4.13. The Morgan fingerprint density at radius 3 is 3.11 bits per heavy atom. The Hall–Kier alpha value is -0.620. The summed E-state index contributed by atoms with van der Waals surface area (Å²) >= 11 is 1.69. The number of hydrogen-bond acceptors (Lipinski definition) is 4. The van der Waals surface area contributed by atoms with Crippen LogP contribution in [0, 0.1) is 5.92 Å². The van der Waals surface area contributed by atoms with Crippen molar-refractivity contribution in [2.24, 2.45) is 5.92 Å². The highest BCUT2D eigenvalue weighted by molar-refractivity contribution is 7.10. The SMILES string of the molecule is CNCC(C)C(=O)N1CCOC(c2cccs2)C1.Cl. The minimum Gasteiger partial charge on any atom is -0.369 e. The molecule has 0 bridgehead atoms. The Bertz CT molecular complexity index is 386. The van der Waals surface area contributed by atoms with Crippen molar-refractivity contribution in [2.45, 2.75) is 13.0 Å². The van der Waals surface area contributed by atoms with Crippen molar-refractivity contribution in [3.8, 4) is 0 Å². The van der Waals surface area contributed by atoms with E-state index in [9.17, 15) is 4.79 Å². The number of rotatable bonds is 4. The van der Waals surface area contributed by atoms with Gasteiger partial charge in [-0.1, -0.05) is 13.0 Å². The minimum absolute atomic E-state index is 0. The number of halogens is 1. The first-order valence-corrected chi connectivity index (χ1v) is 7.18. The third-order valence-electron chi connectivity index (χ3n) is 3.17. The van der Waals surface area contributed by atoms with Crippen LogP contribution in [0.4, 0.5) is 0 Å². The summed E-state index contributed by atoms with van der Waals surface area (Å²) in [6.07, 6.45) is 0.0458. The van der Waals surface area contributed by atoms with Crippen LogP contribution in [0.2, 0.25) is 0 Å². The molecule has 1 fully saturated rings. The smallest absolute Gasteiger partial charge is 0.226 e. The van der Waals surface area contributed by atoms with E-state index in [1.165, 1.54) is 4.88 Å². The van der Waals surface area contributed by atoms with Crippen LogP contribution in [0.25, 0.3) is 0 Å². The number of thiophene rings is 1. The monoisotopic (exact) mass is 304 g/mol. The normalized spacial score (nSPS) is 20.7. The molecule has 1 aliphatic heterocycles. The third kappa shape index (κ3) is 4.18. The van der Waals surface area contributed by atoms with E-state index in [2.05, 4.69) is 11.4 Å². The minimum atomic E-state index is 0. The molecule has 2 rings (SSSR count). The maximum atomic E-state index is 12.2. The van der Waals surface area contributed by atoms with Crippen molar-refractivity contribution >= 4 is 29.7 Å². The molecular weight excluding hydrogens is 284 g/mol. The fourth-order valence-electron chi connectivity index (χ4n) is 2.20. The Morgan fingerprint density at radius 2 is 2.47 bits per heavy atom.